The lowest BCUT2D eigenvalue weighted by molar-refractivity contribution is 0.162. The van der Waals surface area contributed by atoms with Crippen LogP contribution in [-0.4, -0.2) is 18.5 Å². The number of ether oxygens (including phenoxy) is 1. The molecule has 1 nitrogen and oxygen atoms in total. The fourth-order valence-corrected chi connectivity index (χ4v) is 0.204. The van der Waals surface area contributed by atoms with Crippen molar-refractivity contribution in [1.29, 1.82) is 0 Å². The van der Waals surface area contributed by atoms with E-state index >= 15 is 0 Å². The van der Waals surface area contributed by atoms with Crippen LogP contribution in [0.2, 0.25) is 0 Å². The molecule has 0 amide bonds. The van der Waals surface area contributed by atoms with Crippen molar-refractivity contribution in [2.24, 2.45) is 0 Å². The van der Waals surface area contributed by atoms with E-state index in [9.17, 15) is 0 Å². The molecule has 0 aliphatic rings. The third kappa shape index (κ3) is 32.0. The van der Waals surface area contributed by atoms with E-state index < -0.39 is 0 Å². The van der Waals surface area contributed by atoms with E-state index in [1.807, 2.05) is 20.8 Å². The van der Waals surface area contributed by atoms with Crippen LogP contribution in [0.1, 0.15) is 20.8 Å². The van der Waals surface area contributed by atoms with Gasteiger partial charge in [0.25, 0.3) is 0 Å². The van der Waals surface area contributed by atoms with E-state index in [0.29, 0.717) is 0 Å². The maximum atomic E-state index is 4.83. The van der Waals surface area contributed by atoms with Crippen LogP contribution in [0, 0.1) is 0 Å². The molecule has 0 aliphatic heterocycles. The topological polar surface area (TPSA) is 9.23 Å². The van der Waals surface area contributed by atoms with Gasteiger partial charge in [0.2, 0.25) is 0 Å². The van der Waals surface area contributed by atoms with Crippen molar-refractivity contribution < 1.29 is 4.74 Å². The molecule has 0 rings (SSSR count). The second kappa shape index (κ2) is 15.7. The van der Waals surface area contributed by atoms with Crippen molar-refractivity contribution >= 4 is 15.9 Å². The Bertz CT molecular complexity index is 22.5. The van der Waals surface area contributed by atoms with Crippen molar-refractivity contribution in [3.63, 3.8) is 0 Å². The van der Waals surface area contributed by atoms with Gasteiger partial charge in [-0.25, -0.2) is 0 Å². The van der Waals surface area contributed by atoms with Gasteiger partial charge in [0, 0.05) is 18.5 Å². The smallest absolute Gasteiger partial charge is 0.0437 e. The molecule has 0 saturated heterocycles. The minimum Gasteiger partial charge on any atom is -0.382 e. The van der Waals surface area contributed by atoms with Crippen molar-refractivity contribution in [3.05, 3.63) is 0 Å². The van der Waals surface area contributed by atoms with Gasteiger partial charge in [-0.15, -0.1) is 0 Å². The first kappa shape index (κ1) is 11.3. The fourth-order valence-electron chi connectivity index (χ4n) is 0.204. The van der Waals surface area contributed by atoms with Gasteiger partial charge < -0.3 is 4.74 Å². The highest BCUT2D eigenvalue weighted by Crippen LogP contribution is 1.67. The highest BCUT2D eigenvalue weighted by atomic mass is 79.9. The van der Waals surface area contributed by atoms with E-state index in [0.717, 1.165) is 18.5 Å². The van der Waals surface area contributed by atoms with Crippen LogP contribution in [0.3, 0.4) is 0 Å². The van der Waals surface area contributed by atoms with Crippen LogP contribution < -0.4 is 0 Å². The number of hydrogen-bond acceptors (Lipinski definition) is 1. The molecule has 0 aromatic carbocycles. The molecule has 0 aromatic rings. The monoisotopic (exact) mass is 182 g/mol. The first-order chi connectivity index (χ1) is 3.83. The summed E-state index contributed by atoms with van der Waals surface area (Å²) in [6.45, 7) is 7.71. The summed E-state index contributed by atoms with van der Waals surface area (Å²) in [5.41, 5.74) is 0. The van der Waals surface area contributed by atoms with Crippen molar-refractivity contribution in [3.8, 4) is 0 Å². The van der Waals surface area contributed by atoms with Gasteiger partial charge in [-0.2, -0.15) is 0 Å². The molecule has 0 radical (unpaired) electrons. The average Bonchev–Trinajstić information content (AvgIpc) is 1.71. The lowest BCUT2D eigenvalue weighted by Crippen LogP contribution is -1.84. The van der Waals surface area contributed by atoms with Crippen LogP contribution in [0.4, 0.5) is 0 Å². The van der Waals surface area contributed by atoms with Gasteiger partial charge in [-0.1, -0.05) is 22.9 Å². The molecule has 8 heavy (non-hydrogen) atoms. The zero-order valence-electron chi connectivity index (χ0n) is 5.91. The summed E-state index contributed by atoms with van der Waals surface area (Å²) in [6.07, 6.45) is 0. The van der Waals surface area contributed by atoms with E-state index in [-0.39, 0.29) is 0 Å². The van der Waals surface area contributed by atoms with Gasteiger partial charge in [0.15, 0.2) is 0 Å². The Morgan fingerprint density at radius 1 is 1.12 bits per heavy atom. The minimum absolute atomic E-state index is 0.844. The molecule has 0 atom stereocenters. The Morgan fingerprint density at radius 3 is 1.38 bits per heavy atom. The summed E-state index contributed by atoms with van der Waals surface area (Å²) in [4.78, 5) is 0. The van der Waals surface area contributed by atoms with Gasteiger partial charge in [0.1, 0.15) is 0 Å². The number of hydrogen-bond donors (Lipinski definition) is 0. The SMILES string of the molecule is CCBr.CCOCC. The highest BCUT2D eigenvalue weighted by Gasteiger charge is 1.64. The second-order valence-corrected chi connectivity index (χ2v) is 2.17. The number of alkyl halides is 1. The van der Waals surface area contributed by atoms with Crippen molar-refractivity contribution in [2.45, 2.75) is 20.8 Å². The summed E-state index contributed by atoms with van der Waals surface area (Å²) in [7, 11) is 0. The predicted molar refractivity (Wildman–Crippen MR) is 41.6 cm³/mol. The molecule has 0 unspecified atom stereocenters. The van der Waals surface area contributed by atoms with Crippen LogP contribution in [0.15, 0.2) is 0 Å². The molecule has 0 aromatic heterocycles. The summed E-state index contributed by atoms with van der Waals surface area (Å²) in [6, 6.07) is 0. The molecule has 52 valence electrons. The molecular weight excluding hydrogens is 168 g/mol. The first-order valence-electron chi connectivity index (χ1n) is 2.97. The van der Waals surface area contributed by atoms with E-state index in [4.69, 9.17) is 4.74 Å². The molecule has 0 spiro atoms. The summed E-state index contributed by atoms with van der Waals surface area (Å²) in [5, 5.41) is 1.06. The standard InChI is InChI=1S/C4H10O.C2H5Br/c1-3-5-4-2;1-2-3/h3-4H2,1-2H3;2H2,1H3. The maximum absolute atomic E-state index is 4.83. The molecule has 0 bridgehead atoms. The summed E-state index contributed by atoms with van der Waals surface area (Å²) >= 11 is 3.15. The van der Waals surface area contributed by atoms with Gasteiger partial charge >= 0.3 is 0 Å². The third-order valence-electron chi connectivity index (χ3n) is 0.408. The van der Waals surface area contributed by atoms with Gasteiger partial charge in [-0.3, -0.25) is 0 Å². The van der Waals surface area contributed by atoms with Crippen LogP contribution in [0.25, 0.3) is 0 Å². The molecular formula is C6H15BrO. The van der Waals surface area contributed by atoms with Gasteiger partial charge in [-0.05, 0) is 13.8 Å². The number of halogens is 1. The van der Waals surface area contributed by atoms with E-state index in [1.165, 1.54) is 0 Å². The first-order valence-corrected chi connectivity index (χ1v) is 4.09. The second-order valence-electron chi connectivity index (χ2n) is 1.05. The van der Waals surface area contributed by atoms with Crippen LogP contribution in [-0.2, 0) is 4.74 Å². The zero-order chi connectivity index (χ0) is 6.83. The molecule has 0 N–H and O–H groups in total. The normalized spacial score (nSPS) is 7.50. The highest BCUT2D eigenvalue weighted by molar-refractivity contribution is 9.09. The molecule has 0 saturated carbocycles. The number of rotatable bonds is 2. The maximum Gasteiger partial charge on any atom is 0.0437 e. The Balaban J connectivity index is 0. The average molecular weight is 183 g/mol. The van der Waals surface area contributed by atoms with E-state index in [1.54, 1.807) is 0 Å². The molecule has 0 aliphatic carbocycles. The minimum atomic E-state index is 0.844. The van der Waals surface area contributed by atoms with Crippen LogP contribution >= 0.6 is 15.9 Å². The Kier molecular flexibility index (Phi) is 22.0. The lowest BCUT2D eigenvalue weighted by atomic mass is 10.8. The quantitative estimate of drug-likeness (QED) is 0.597. The molecule has 0 heterocycles. The third-order valence-corrected chi connectivity index (χ3v) is 0.408. The zero-order valence-corrected chi connectivity index (χ0v) is 7.49. The predicted octanol–water partition coefficient (Wildman–Crippen LogP) is 2.44. The van der Waals surface area contributed by atoms with Gasteiger partial charge in [0.05, 0.1) is 0 Å². The van der Waals surface area contributed by atoms with Crippen molar-refractivity contribution in [2.75, 3.05) is 18.5 Å². The Hall–Kier alpha value is 0.440. The van der Waals surface area contributed by atoms with Crippen molar-refractivity contribution in [1.82, 2.24) is 0 Å². The molecule has 0 fully saturated rings. The molecule has 2 heteroatoms. The van der Waals surface area contributed by atoms with Crippen LogP contribution in [0.5, 0.6) is 0 Å². The largest absolute Gasteiger partial charge is 0.382 e. The fraction of sp³-hybridized carbons (Fsp3) is 1.00. The Morgan fingerprint density at radius 2 is 1.38 bits per heavy atom. The summed E-state index contributed by atoms with van der Waals surface area (Å²) < 4.78 is 4.83. The lowest BCUT2D eigenvalue weighted by Gasteiger charge is -1.86. The Labute approximate surface area is 60.6 Å². The summed E-state index contributed by atoms with van der Waals surface area (Å²) in [5.74, 6) is 0. The van der Waals surface area contributed by atoms with E-state index in [2.05, 4.69) is 15.9 Å².